The van der Waals surface area contributed by atoms with E-state index in [2.05, 4.69) is 5.32 Å². The Morgan fingerprint density at radius 2 is 1.95 bits per heavy atom. The van der Waals surface area contributed by atoms with E-state index in [1.165, 1.54) is 0 Å². The lowest BCUT2D eigenvalue weighted by molar-refractivity contribution is -0.126. The fourth-order valence-corrected chi connectivity index (χ4v) is 2.29. The molecule has 5 heteroatoms. The summed E-state index contributed by atoms with van der Waals surface area (Å²) in [6.07, 6.45) is 2.01. The third kappa shape index (κ3) is 4.20. The van der Waals surface area contributed by atoms with Gasteiger partial charge in [-0.15, -0.1) is 12.4 Å². The van der Waals surface area contributed by atoms with Crippen LogP contribution in [0, 0.1) is 5.92 Å². The van der Waals surface area contributed by atoms with Crippen LogP contribution in [0.4, 0.5) is 0 Å². The normalized spacial score (nSPS) is 18.7. The third-order valence-electron chi connectivity index (χ3n) is 3.74. The van der Waals surface area contributed by atoms with Gasteiger partial charge in [0, 0.05) is 19.8 Å². The summed E-state index contributed by atoms with van der Waals surface area (Å²) in [5.74, 6) is 0.384. The maximum absolute atomic E-state index is 12.2. The molecule has 1 heterocycles. The van der Waals surface area contributed by atoms with Gasteiger partial charge >= 0.3 is 0 Å². The average Bonchev–Trinajstić information content (AvgIpc) is 2.46. The first kappa shape index (κ1) is 17.0. The highest BCUT2D eigenvalue weighted by Gasteiger charge is 2.30. The van der Waals surface area contributed by atoms with E-state index in [0.29, 0.717) is 12.5 Å². The molecular weight excluding hydrogens is 276 g/mol. The Balaban J connectivity index is 0.00000200. The van der Waals surface area contributed by atoms with E-state index in [1.54, 1.807) is 6.92 Å². The molecular formula is C15H23ClN2O2. The SMILES string of the molecule is CC(N)(C(=O)NCC1CCOCC1)c1ccccc1.Cl. The molecule has 0 spiro atoms. The number of carbonyl (C=O) groups excluding carboxylic acids is 1. The monoisotopic (exact) mass is 298 g/mol. The van der Waals surface area contributed by atoms with Crippen LogP contribution in [-0.2, 0) is 15.1 Å². The van der Waals surface area contributed by atoms with Crippen LogP contribution in [0.1, 0.15) is 25.3 Å². The number of nitrogens with one attached hydrogen (secondary N) is 1. The van der Waals surface area contributed by atoms with Gasteiger partial charge < -0.3 is 15.8 Å². The Morgan fingerprint density at radius 3 is 2.55 bits per heavy atom. The molecule has 0 saturated carbocycles. The Bertz CT molecular complexity index is 417. The van der Waals surface area contributed by atoms with E-state index in [1.807, 2.05) is 30.3 Å². The number of halogens is 1. The van der Waals surface area contributed by atoms with Crippen molar-refractivity contribution in [2.24, 2.45) is 11.7 Å². The lowest BCUT2D eigenvalue weighted by Crippen LogP contribution is -2.50. The van der Waals surface area contributed by atoms with Gasteiger partial charge in [-0.05, 0) is 31.2 Å². The van der Waals surface area contributed by atoms with Crippen molar-refractivity contribution in [2.75, 3.05) is 19.8 Å². The largest absolute Gasteiger partial charge is 0.381 e. The number of hydrogen-bond donors (Lipinski definition) is 2. The molecule has 1 amide bonds. The lowest BCUT2D eigenvalue weighted by atomic mass is 9.91. The molecule has 112 valence electrons. The highest BCUT2D eigenvalue weighted by molar-refractivity contribution is 5.87. The van der Waals surface area contributed by atoms with Crippen LogP contribution in [0.2, 0.25) is 0 Å². The molecule has 1 aliphatic heterocycles. The average molecular weight is 299 g/mol. The molecule has 2 rings (SSSR count). The molecule has 0 radical (unpaired) electrons. The van der Waals surface area contributed by atoms with Crippen LogP contribution in [0.25, 0.3) is 0 Å². The fourth-order valence-electron chi connectivity index (χ4n) is 2.29. The van der Waals surface area contributed by atoms with E-state index in [0.717, 1.165) is 31.6 Å². The quantitative estimate of drug-likeness (QED) is 0.891. The lowest BCUT2D eigenvalue weighted by Gasteiger charge is -2.27. The van der Waals surface area contributed by atoms with E-state index < -0.39 is 5.54 Å². The number of rotatable bonds is 4. The molecule has 1 fully saturated rings. The summed E-state index contributed by atoms with van der Waals surface area (Å²) in [5.41, 5.74) is 6.01. The third-order valence-corrected chi connectivity index (χ3v) is 3.74. The molecule has 1 saturated heterocycles. The summed E-state index contributed by atoms with van der Waals surface area (Å²) in [6, 6.07) is 9.47. The van der Waals surface area contributed by atoms with Crippen molar-refractivity contribution >= 4 is 18.3 Å². The molecule has 20 heavy (non-hydrogen) atoms. The second-order valence-electron chi connectivity index (χ2n) is 5.33. The van der Waals surface area contributed by atoms with Gasteiger partial charge in [0.15, 0.2) is 0 Å². The van der Waals surface area contributed by atoms with Crippen molar-refractivity contribution in [3.05, 3.63) is 35.9 Å². The van der Waals surface area contributed by atoms with E-state index in [4.69, 9.17) is 10.5 Å². The Labute approximate surface area is 126 Å². The van der Waals surface area contributed by atoms with Crippen molar-refractivity contribution < 1.29 is 9.53 Å². The van der Waals surface area contributed by atoms with Crippen LogP contribution in [0.3, 0.4) is 0 Å². The number of amides is 1. The van der Waals surface area contributed by atoms with Crippen LogP contribution >= 0.6 is 12.4 Å². The zero-order valence-corrected chi connectivity index (χ0v) is 12.6. The van der Waals surface area contributed by atoms with Crippen LogP contribution < -0.4 is 11.1 Å². The molecule has 1 atom stereocenters. The van der Waals surface area contributed by atoms with Gasteiger partial charge in [-0.2, -0.15) is 0 Å². The van der Waals surface area contributed by atoms with E-state index >= 15 is 0 Å². The summed E-state index contributed by atoms with van der Waals surface area (Å²) in [4.78, 5) is 12.2. The van der Waals surface area contributed by atoms with E-state index in [-0.39, 0.29) is 18.3 Å². The Hall–Kier alpha value is -1.10. The minimum atomic E-state index is -0.980. The predicted molar refractivity (Wildman–Crippen MR) is 81.8 cm³/mol. The molecule has 0 bridgehead atoms. The first-order valence-corrected chi connectivity index (χ1v) is 6.81. The fraction of sp³-hybridized carbons (Fsp3) is 0.533. The highest BCUT2D eigenvalue weighted by Crippen LogP contribution is 2.18. The first-order valence-electron chi connectivity index (χ1n) is 6.81. The minimum Gasteiger partial charge on any atom is -0.381 e. The Kier molecular flexibility index (Phi) is 6.46. The zero-order valence-electron chi connectivity index (χ0n) is 11.8. The standard InChI is InChI=1S/C15H22N2O2.ClH/c1-15(16,13-5-3-2-4-6-13)14(18)17-11-12-7-9-19-10-8-12;/h2-6,12H,7-11,16H2,1H3,(H,17,18);1H. The van der Waals surface area contributed by atoms with Gasteiger partial charge in [0.25, 0.3) is 0 Å². The van der Waals surface area contributed by atoms with E-state index in [9.17, 15) is 4.79 Å². The van der Waals surface area contributed by atoms with Gasteiger partial charge in [-0.25, -0.2) is 0 Å². The topological polar surface area (TPSA) is 64.4 Å². The second kappa shape index (κ2) is 7.62. The summed E-state index contributed by atoms with van der Waals surface area (Å²) < 4.78 is 5.31. The number of benzene rings is 1. The number of hydrogen-bond acceptors (Lipinski definition) is 3. The van der Waals surface area contributed by atoms with Crippen molar-refractivity contribution in [2.45, 2.75) is 25.3 Å². The maximum Gasteiger partial charge on any atom is 0.244 e. The minimum absolute atomic E-state index is 0. The van der Waals surface area contributed by atoms with Gasteiger partial charge in [0.2, 0.25) is 5.91 Å². The van der Waals surface area contributed by atoms with Crippen molar-refractivity contribution in [3.8, 4) is 0 Å². The predicted octanol–water partition coefficient (Wildman–Crippen LogP) is 1.83. The van der Waals surface area contributed by atoms with Crippen molar-refractivity contribution in [1.82, 2.24) is 5.32 Å². The summed E-state index contributed by atoms with van der Waals surface area (Å²) >= 11 is 0. The molecule has 0 aromatic heterocycles. The molecule has 1 aromatic rings. The summed E-state index contributed by atoms with van der Waals surface area (Å²) in [7, 11) is 0. The van der Waals surface area contributed by atoms with Crippen LogP contribution in [0.15, 0.2) is 30.3 Å². The van der Waals surface area contributed by atoms with Crippen molar-refractivity contribution in [3.63, 3.8) is 0 Å². The number of carbonyl (C=O) groups is 1. The molecule has 1 aliphatic rings. The molecule has 0 aliphatic carbocycles. The van der Waals surface area contributed by atoms with Crippen LogP contribution in [0.5, 0.6) is 0 Å². The van der Waals surface area contributed by atoms with Gasteiger partial charge in [0.05, 0.1) is 0 Å². The first-order chi connectivity index (χ1) is 9.10. The molecule has 1 unspecified atom stereocenters. The zero-order chi connectivity index (χ0) is 13.7. The smallest absolute Gasteiger partial charge is 0.244 e. The second-order valence-corrected chi connectivity index (χ2v) is 5.33. The Morgan fingerprint density at radius 1 is 1.35 bits per heavy atom. The van der Waals surface area contributed by atoms with Gasteiger partial charge in [0.1, 0.15) is 5.54 Å². The van der Waals surface area contributed by atoms with Crippen molar-refractivity contribution in [1.29, 1.82) is 0 Å². The van der Waals surface area contributed by atoms with Gasteiger partial charge in [-0.3, -0.25) is 4.79 Å². The molecule has 1 aromatic carbocycles. The highest BCUT2D eigenvalue weighted by atomic mass is 35.5. The summed E-state index contributed by atoms with van der Waals surface area (Å²) in [5, 5.41) is 2.97. The van der Waals surface area contributed by atoms with Gasteiger partial charge in [-0.1, -0.05) is 30.3 Å². The maximum atomic E-state index is 12.2. The summed E-state index contributed by atoms with van der Waals surface area (Å²) in [6.45, 7) is 4.02. The number of ether oxygens (including phenoxy) is 1. The molecule has 3 N–H and O–H groups in total. The molecule has 4 nitrogen and oxygen atoms in total. The van der Waals surface area contributed by atoms with Crippen LogP contribution in [-0.4, -0.2) is 25.7 Å². The number of nitrogens with two attached hydrogens (primary N) is 1.